The molecule has 0 aliphatic carbocycles. The van der Waals surface area contributed by atoms with E-state index in [4.69, 9.17) is 4.74 Å². The van der Waals surface area contributed by atoms with Crippen LogP contribution in [0.1, 0.15) is 40.4 Å². The number of ether oxygens (including phenoxy) is 1. The second-order valence-electron chi connectivity index (χ2n) is 8.32. The fraction of sp³-hybridized carbons (Fsp3) is 0.480. The van der Waals surface area contributed by atoms with Crippen molar-refractivity contribution in [2.75, 3.05) is 45.3 Å². The molecule has 1 aliphatic heterocycles. The van der Waals surface area contributed by atoms with Gasteiger partial charge in [-0.2, -0.15) is 0 Å². The monoisotopic (exact) mass is 394 g/mol. The summed E-state index contributed by atoms with van der Waals surface area (Å²) < 4.78 is 5.51. The minimum Gasteiger partial charge on any atom is -0.378 e. The highest BCUT2D eigenvalue weighted by Crippen LogP contribution is 2.32. The Morgan fingerprint density at radius 1 is 1.07 bits per heavy atom. The first-order valence-electron chi connectivity index (χ1n) is 10.6. The number of likely N-dealkylation sites (N-methyl/N-ethyl adjacent to an activating group) is 1. The van der Waals surface area contributed by atoms with E-state index >= 15 is 0 Å². The summed E-state index contributed by atoms with van der Waals surface area (Å²) in [7, 11) is 4.06. The number of benzene rings is 2. The van der Waals surface area contributed by atoms with Crippen LogP contribution in [0.3, 0.4) is 0 Å². The van der Waals surface area contributed by atoms with Gasteiger partial charge in [-0.05, 0) is 69.6 Å². The van der Waals surface area contributed by atoms with E-state index in [-0.39, 0.29) is 5.78 Å². The standard InChI is InChI=1S/C25H34N2O2/c1-6-25(26(4)5,18-21-12-11-19(2)20(3)17-21)24(28)22-9-7-8-10-23(22)27-13-15-29-16-14-27/h7-12,17H,6,13-16,18H2,1-5H3. The number of ketones is 1. The minimum atomic E-state index is -0.579. The van der Waals surface area contributed by atoms with Gasteiger partial charge in [0.25, 0.3) is 0 Å². The number of anilines is 1. The summed E-state index contributed by atoms with van der Waals surface area (Å²) in [5.74, 6) is 0.199. The van der Waals surface area contributed by atoms with Crippen LogP contribution in [0, 0.1) is 13.8 Å². The van der Waals surface area contributed by atoms with Crippen molar-refractivity contribution in [3.63, 3.8) is 0 Å². The molecule has 3 rings (SSSR count). The Balaban J connectivity index is 2.01. The summed E-state index contributed by atoms with van der Waals surface area (Å²) in [5.41, 5.74) is 5.02. The van der Waals surface area contributed by atoms with Crippen molar-refractivity contribution in [2.45, 2.75) is 39.2 Å². The van der Waals surface area contributed by atoms with Gasteiger partial charge in [0.05, 0.1) is 18.8 Å². The number of Topliss-reactive ketones (excluding diaryl/α,β-unsaturated/α-hetero) is 1. The number of hydrogen-bond acceptors (Lipinski definition) is 4. The van der Waals surface area contributed by atoms with Crippen molar-refractivity contribution < 1.29 is 9.53 Å². The molecular weight excluding hydrogens is 360 g/mol. The van der Waals surface area contributed by atoms with Gasteiger partial charge in [0.15, 0.2) is 5.78 Å². The molecule has 0 amide bonds. The first kappa shape index (κ1) is 21.5. The molecule has 1 atom stereocenters. The maximum atomic E-state index is 14.1. The summed E-state index contributed by atoms with van der Waals surface area (Å²) in [5, 5.41) is 0. The molecular formula is C25H34N2O2. The lowest BCUT2D eigenvalue weighted by Gasteiger charge is -2.39. The van der Waals surface area contributed by atoms with E-state index in [0.717, 1.165) is 30.8 Å². The highest BCUT2D eigenvalue weighted by atomic mass is 16.5. The lowest BCUT2D eigenvalue weighted by atomic mass is 9.79. The molecule has 4 heteroatoms. The fourth-order valence-electron chi connectivity index (χ4n) is 4.29. The highest BCUT2D eigenvalue weighted by Gasteiger charge is 2.41. The van der Waals surface area contributed by atoms with Crippen LogP contribution in [-0.4, -0.2) is 56.6 Å². The number of carbonyl (C=O) groups excluding carboxylic acids is 1. The first-order valence-corrected chi connectivity index (χ1v) is 10.6. The molecule has 1 heterocycles. The molecule has 2 aromatic rings. The third-order valence-corrected chi connectivity index (χ3v) is 6.43. The lowest BCUT2D eigenvalue weighted by Crippen LogP contribution is -2.53. The molecule has 0 N–H and O–H groups in total. The Labute approximate surface area is 175 Å². The third-order valence-electron chi connectivity index (χ3n) is 6.43. The maximum absolute atomic E-state index is 14.1. The van der Waals surface area contributed by atoms with E-state index in [0.29, 0.717) is 19.6 Å². The predicted octanol–water partition coefficient (Wildman–Crippen LogP) is 4.28. The van der Waals surface area contributed by atoms with Crippen molar-refractivity contribution in [2.24, 2.45) is 0 Å². The van der Waals surface area contributed by atoms with E-state index in [2.05, 4.69) is 54.8 Å². The van der Waals surface area contributed by atoms with Gasteiger partial charge >= 0.3 is 0 Å². The normalized spacial score (nSPS) is 16.7. The quantitative estimate of drug-likeness (QED) is 0.657. The lowest BCUT2D eigenvalue weighted by molar-refractivity contribution is 0.0666. The van der Waals surface area contributed by atoms with Crippen LogP contribution in [-0.2, 0) is 11.2 Å². The summed E-state index contributed by atoms with van der Waals surface area (Å²) in [6, 6.07) is 14.6. The van der Waals surface area contributed by atoms with E-state index in [1.54, 1.807) is 0 Å². The van der Waals surface area contributed by atoms with Crippen LogP contribution < -0.4 is 4.90 Å². The van der Waals surface area contributed by atoms with E-state index in [1.165, 1.54) is 16.7 Å². The van der Waals surface area contributed by atoms with E-state index < -0.39 is 5.54 Å². The maximum Gasteiger partial charge on any atom is 0.185 e. The average Bonchev–Trinajstić information content (AvgIpc) is 2.74. The van der Waals surface area contributed by atoms with Gasteiger partial charge in [0.2, 0.25) is 0 Å². The van der Waals surface area contributed by atoms with Crippen LogP contribution in [0.15, 0.2) is 42.5 Å². The molecule has 0 aromatic heterocycles. The van der Waals surface area contributed by atoms with E-state index in [1.807, 2.05) is 32.3 Å². The van der Waals surface area contributed by atoms with Crippen LogP contribution in [0.2, 0.25) is 0 Å². The highest BCUT2D eigenvalue weighted by molar-refractivity contribution is 6.07. The van der Waals surface area contributed by atoms with Crippen LogP contribution in [0.25, 0.3) is 0 Å². The van der Waals surface area contributed by atoms with Crippen molar-refractivity contribution in [1.82, 2.24) is 4.90 Å². The minimum absolute atomic E-state index is 0.199. The number of aryl methyl sites for hydroxylation is 2. The van der Waals surface area contributed by atoms with Gasteiger partial charge in [-0.25, -0.2) is 0 Å². The van der Waals surface area contributed by atoms with Crippen LogP contribution >= 0.6 is 0 Å². The SMILES string of the molecule is CCC(Cc1ccc(C)c(C)c1)(C(=O)c1ccccc1N1CCOCC1)N(C)C. The summed E-state index contributed by atoms with van der Waals surface area (Å²) in [4.78, 5) is 18.5. The van der Waals surface area contributed by atoms with Crippen molar-refractivity contribution in [3.8, 4) is 0 Å². The molecule has 4 nitrogen and oxygen atoms in total. The third kappa shape index (κ3) is 4.39. The molecule has 156 valence electrons. The summed E-state index contributed by atoms with van der Waals surface area (Å²) >= 11 is 0. The Morgan fingerprint density at radius 2 is 1.76 bits per heavy atom. The topological polar surface area (TPSA) is 32.8 Å². The largest absolute Gasteiger partial charge is 0.378 e. The summed E-state index contributed by atoms with van der Waals surface area (Å²) in [6.45, 7) is 9.44. The number of carbonyl (C=O) groups is 1. The van der Waals surface area contributed by atoms with Gasteiger partial charge < -0.3 is 9.64 Å². The predicted molar refractivity (Wildman–Crippen MR) is 120 cm³/mol. The molecule has 1 fully saturated rings. The van der Waals surface area contributed by atoms with Crippen LogP contribution in [0.5, 0.6) is 0 Å². The number of nitrogens with zero attached hydrogens (tertiary/aromatic N) is 2. The zero-order chi connectivity index (χ0) is 21.0. The Bertz CT molecular complexity index is 856. The van der Waals surface area contributed by atoms with Gasteiger partial charge in [-0.3, -0.25) is 9.69 Å². The molecule has 2 aromatic carbocycles. The van der Waals surface area contributed by atoms with Crippen molar-refractivity contribution >= 4 is 11.5 Å². The first-order chi connectivity index (χ1) is 13.9. The van der Waals surface area contributed by atoms with E-state index in [9.17, 15) is 4.79 Å². The number of rotatable bonds is 7. The number of hydrogen-bond donors (Lipinski definition) is 0. The van der Waals surface area contributed by atoms with Gasteiger partial charge in [0, 0.05) is 24.3 Å². The van der Waals surface area contributed by atoms with Crippen LogP contribution in [0.4, 0.5) is 5.69 Å². The van der Waals surface area contributed by atoms with Gasteiger partial charge in [-0.15, -0.1) is 0 Å². The second-order valence-corrected chi connectivity index (χ2v) is 8.32. The molecule has 0 saturated carbocycles. The molecule has 1 aliphatic rings. The number of morpholine rings is 1. The molecule has 0 bridgehead atoms. The molecule has 1 saturated heterocycles. The molecule has 0 radical (unpaired) electrons. The zero-order valence-electron chi connectivity index (χ0n) is 18.5. The zero-order valence-corrected chi connectivity index (χ0v) is 18.5. The summed E-state index contributed by atoms with van der Waals surface area (Å²) in [6.07, 6.45) is 1.46. The van der Waals surface area contributed by atoms with Crippen molar-refractivity contribution in [3.05, 3.63) is 64.7 Å². The fourth-order valence-corrected chi connectivity index (χ4v) is 4.29. The Kier molecular flexibility index (Phi) is 6.76. The Hall–Kier alpha value is -2.17. The molecule has 29 heavy (non-hydrogen) atoms. The second kappa shape index (κ2) is 9.10. The molecule has 1 unspecified atom stereocenters. The average molecular weight is 395 g/mol. The smallest absolute Gasteiger partial charge is 0.185 e. The van der Waals surface area contributed by atoms with Gasteiger partial charge in [-0.1, -0.05) is 37.3 Å². The number of para-hydroxylation sites is 1. The Morgan fingerprint density at radius 3 is 2.38 bits per heavy atom. The molecule has 0 spiro atoms. The van der Waals surface area contributed by atoms with Crippen molar-refractivity contribution in [1.29, 1.82) is 0 Å². The van der Waals surface area contributed by atoms with Gasteiger partial charge in [0.1, 0.15) is 0 Å².